The molecule has 2 saturated heterocycles. The summed E-state index contributed by atoms with van der Waals surface area (Å²) in [6.45, 7) is 3.45. The summed E-state index contributed by atoms with van der Waals surface area (Å²) in [5.41, 5.74) is -0.0202. The van der Waals surface area contributed by atoms with E-state index in [0.29, 0.717) is 11.8 Å². The van der Waals surface area contributed by atoms with Crippen molar-refractivity contribution in [3.05, 3.63) is 0 Å². The molecule has 28 heavy (non-hydrogen) atoms. The van der Waals surface area contributed by atoms with E-state index >= 15 is 0 Å². The molecule has 2 amide bonds. The van der Waals surface area contributed by atoms with Crippen molar-refractivity contribution >= 4 is 24.2 Å². The van der Waals surface area contributed by atoms with Gasteiger partial charge in [-0.15, -0.1) is 12.4 Å². The number of hydrogen-bond acceptors (Lipinski definition) is 3. The molecule has 6 aliphatic rings. The van der Waals surface area contributed by atoms with Gasteiger partial charge in [-0.2, -0.15) is 0 Å². The zero-order valence-electron chi connectivity index (χ0n) is 17.0. The van der Waals surface area contributed by atoms with Gasteiger partial charge in [-0.25, -0.2) is 0 Å². The van der Waals surface area contributed by atoms with Crippen molar-refractivity contribution in [1.82, 2.24) is 15.5 Å². The van der Waals surface area contributed by atoms with Crippen LogP contribution in [0.4, 0.5) is 0 Å². The predicted molar refractivity (Wildman–Crippen MR) is 111 cm³/mol. The normalized spacial score (nSPS) is 41.6. The number of likely N-dealkylation sites (tertiary alicyclic amines) is 1. The van der Waals surface area contributed by atoms with E-state index in [2.05, 4.69) is 15.5 Å². The van der Waals surface area contributed by atoms with E-state index in [1.54, 1.807) is 0 Å². The zero-order chi connectivity index (χ0) is 18.4. The van der Waals surface area contributed by atoms with Crippen LogP contribution >= 0.6 is 12.4 Å². The summed E-state index contributed by atoms with van der Waals surface area (Å²) >= 11 is 0. The van der Waals surface area contributed by atoms with Crippen LogP contribution in [0.15, 0.2) is 0 Å². The lowest BCUT2D eigenvalue weighted by molar-refractivity contribution is -0.159. The lowest BCUT2D eigenvalue weighted by Gasteiger charge is -2.57. The molecule has 2 aliphatic heterocycles. The molecule has 6 heteroatoms. The molecule has 2 unspecified atom stereocenters. The molecule has 2 N–H and O–H groups in total. The smallest absolute Gasteiger partial charge is 0.237 e. The minimum Gasteiger partial charge on any atom is -0.354 e. The highest BCUT2D eigenvalue weighted by molar-refractivity contribution is 5.85. The molecular weight excluding hydrogens is 374 g/mol. The molecule has 5 nitrogen and oxygen atoms in total. The number of nitrogens with zero attached hydrogens (tertiary/aromatic N) is 1. The van der Waals surface area contributed by atoms with Gasteiger partial charge in [0.05, 0.1) is 11.5 Å². The third kappa shape index (κ3) is 3.81. The second kappa shape index (κ2) is 8.14. The van der Waals surface area contributed by atoms with Crippen molar-refractivity contribution < 1.29 is 9.59 Å². The molecule has 0 radical (unpaired) electrons. The molecule has 0 spiro atoms. The maximum atomic E-state index is 13.6. The molecule has 0 aromatic rings. The third-order valence-corrected chi connectivity index (χ3v) is 8.24. The Labute approximate surface area is 175 Å². The number of rotatable bonds is 4. The van der Waals surface area contributed by atoms with Gasteiger partial charge >= 0.3 is 0 Å². The number of nitrogens with one attached hydrogen (secondary N) is 2. The Morgan fingerprint density at radius 1 is 1.00 bits per heavy atom. The van der Waals surface area contributed by atoms with E-state index in [4.69, 9.17) is 0 Å². The van der Waals surface area contributed by atoms with Gasteiger partial charge in [0.15, 0.2) is 0 Å². The highest BCUT2D eigenvalue weighted by atomic mass is 35.5. The quantitative estimate of drug-likeness (QED) is 0.750. The summed E-state index contributed by atoms with van der Waals surface area (Å²) in [7, 11) is 0. The van der Waals surface area contributed by atoms with Gasteiger partial charge in [-0.1, -0.05) is 0 Å². The van der Waals surface area contributed by atoms with Crippen LogP contribution in [0.2, 0.25) is 0 Å². The Hall–Kier alpha value is -0.810. The van der Waals surface area contributed by atoms with Crippen molar-refractivity contribution in [1.29, 1.82) is 0 Å². The number of carbonyl (C=O) groups excluding carboxylic acids is 2. The largest absolute Gasteiger partial charge is 0.354 e. The first-order valence-electron chi connectivity index (χ1n) is 11.4. The predicted octanol–water partition coefficient (Wildman–Crippen LogP) is 2.73. The van der Waals surface area contributed by atoms with Crippen LogP contribution < -0.4 is 10.6 Å². The maximum Gasteiger partial charge on any atom is 0.237 e. The topological polar surface area (TPSA) is 61.4 Å². The number of carbonyl (C=O) groups is 2. The standard InChI is InChI=1S/C22H35N3O2.ClH/c26-20(19-4-1-5-23-19)24-13-15-3-2-6-25(14-15)21(27)22-10-16-7-17(11-22)9-18(8-16)12-22;/h15-19,23H,1-14H2,(H,24,26);1H. The number of hydrogen-bond donors (Lipinski definition) is 2. The summed E-state index contributed by atoms with van der Waals surface area (Å²) in [5, 5.41) is 6.42. The van der Waals surface area contributed by atoms with E-state index in [1.807, 2.05) is 0 Å². The van der Waals surface area contributed by atoms with Gasteiger partial charge < -0.3 is 15.5 Å². The lowest BCUT2D eigenvalue weighted by Crippen LogP contribution is -2.56. The molecule has 0 aromatic heterocycles. The van der Waals surface area contributed by atoms with Crippen LogP contribution in [0.1, 0.15) is 64.2 Å². The van der Waals surface area contributed by atoms with Crippen LogP contribution in [-0.2, 0) is 9.59 Å². The minimum atomic E-state index is -0.0202. The molecule has 0 aromatic carbocycles. The summed E-state index contributed by atoms with van der Waals surface area (Å²) in [5.74, 6) is 3.49. The van der Waals surface area contributed by atoms with Crippen molar-refractivity contribution in [2.24, 2.45) is 29.1 Å². The molecule has 6 rings (SSSR count). The Bertz CT molecular complexity index is 569. The first-order chi connectivity index (χ1) is 13.1. The molecule has 4 saturated carbocycles. The fourth-order valence-corrected chi connectivity index (χ4v) is 7.40. The Morgan fingerprint density at radius 2 is 1.68 bits per heavy atom. The van der Waals surface area contributed by atoms with Crippen molar-refractivity contribution in [2.45, 2.75) is 70.3 Å². The second-order valence-electron chi connectivity index (χ2n) is 10.4. The molecule has 4 aliphatic carbocycles. The summed E-state index contributed by atoms with van der Waals surface area (Å²) in [6.07, 6.45) is 11.9. The number of piperidine rings is 1. The first kappa shape index (κ1) is 20.5. The van der Waals surface area contributed by atoms with Gasteiger partial charge in [-0.3, -0.25) is 9.59 Å². The lowest BCUT2D eigenvalue weighted by atomic mass is 9.49. The van der Waals surface area contributed by atoms with E-state index in [1.165, 1.54) is 19.3 Å². The molecule has 6 fully saturated rings. The zero-order valence-corrected chi connectivity index (χ0v) is 17.8. The first-order valence-corrected chi connectivity index (χ1v) is 11.4. The average molecular weight is 410 g/mol. The fourth-order valence-electron chi connectivity index (χ4n) is 7.40. The summed E-state index contributed by atoms with van der Waals surface area (Å²) < 4.78 is 0. The minimum absolute atomic E-state index is 0. The number of amides is 2. The van der Waals surface area contributed by atoms with Gasteiger partial charge in [-0.05, 0) is 94.4 Å². The van der Waals surface area contributed by atoms with Gasteiger partial charge in [0.2, 0.25) is 11.8 Å². The molecule has 2 heterocycles. The fraction of sp³-hybridized carbons (Fsp3) is 0.909. The summed E-state index contributed by atoms with van der Waals surface area (Å²) in [6, 6.07) is -0.00153. The van der Waals surface area contributed by atoms with Crippen LogP contribution in [0.5, 0.6) is 0 Å². The van der Waals surface area contributed by atoms with E-state index in [-0.39, 0.29) is 29.8 Å². The second-order valence-corrected chi connectivity index (χ2v) is 10.4. The van der Waals surface area contributed by atoms with Crippen molar-refractivity contribution in [3.63, 3.8) is 0 Å². The van der Waals surface area contributed by atoms with Crippen LogP contribution in [0.3, 0.4) is 0 Å². The molecule has 158 valence electrons. The van der Waals surface area contributed by atoms with Crippen LogP contribution in [-0.4, -0.2) is 48.9 Å². The van der Waals surface area contributed by atoms with Gasteiger partial charge in [0.25, 0.3) is 0 Å². The van der Waals surface area contributed by atoms with Gasteiger partial charge in [0.1, 0.15) is 0 Å². The molecular formula is C22H36ClN3O2. The monoisotopic (exact) mass is 409 g/mol. The molecule has 4 bridgehead atoms. The van der Waals surface area contributed by atoms with Crippen molar-refractivity contribution in [3.8, 4) is 0 Å². The van der Waals surface area contributed by atoms with E-state index in [0.717, 1.165) is 88.9 Å². The Balaban J connectivity index is 0.00000192. The SMILES string of the molecule is Cl.O=C(NCC1CCCN(C(=O)C23CC4CC(CC(C4)C2)C3)C1)C1CCCN1. The Kier molecular flexibility index (Phi) is 5.95. The van der Waals surface area contributed by atoms with E-state index < -0.39 is 0 Å². The highest BCUT2D eigenvalue weighted by Gasteiger charge is 2.55. The van der Waals surface area contributed by atoms with Crippen LogP contribution in [0.25, 0.3) is 0 Å². The van der Waals surface area contributed by atoms with Gasteiger partial charge in [0, 0.05) is 19.6 Å². The Morgan fingerprint density at radius 3 is 2.29 bits per heavy atom. The maximum absolute atomic E-state index is 13.6. The molecule has 2 atom stereocenters. The highest BCUT2D eigenvalue weighted by Crippen LogP contribution is 2.60. The summed E-state index contributed by atoms with van der Waals surface area (Å²) in [4.78, 5) is 28.0. The average Bonchev–Trinajstić information content (AvgIpc) is 3.19. The third-order valence-electron chi connectivity index (χ3n) is 8.24. The van der Waals surface area contributed by atoms with Crippen LogP contribution in [0, 0.1) is 29.1 Å². The number of halogens is 1. The van der Waals surface area contributed by atoms with E-state index in [9.17, 15) is 9.59 Å². The van der Waals surface area contributed by atoms with Crippen molar-refractivity contribution in [2.75, 3.05) is 26.2 Å².